The summed E-state index contributed by atoms with van der Waals surface area (Å²) in [5, 5.41) is 4.41. The van der Waals surface area contributed by atoms with E-state index < -0.39 is 5.54 Å². The number of nitrogens with one attached hydrogen (secondary N) is 2. The molecule has 44 heavy (non-hydrogen) atoms. The van der Waals surface area contributed by atoms with Crippen LogP contribution >= 0.6 is 0 Å². The van der Waals surface area contributed by atoms with E-state index in [0.717, 1.165) is 29.9 Å². The number of methoxy groups -OCH3 is 1. The largest absolute Gasteiger partial charge is 0.497 e. The zero-order valence-electron chi connectivity index (χ0n) is 26.5. The molecule has 1 aliphatic heterocycles. The molecule has 2 N–H and O–H groups in total. The topological polar surface area (TPSA) is 77.7 Å². The highest BCUT2D eigenvalue weighted by Crippen LogP contribution is 2.67. The standard InChI is InChI=1S/C37H44N4O3/c1-25-33(29-13-9-10-14-31(29)38-25)34-30(36(34,2)3)23-32(42)41(24-26-11-7-6-8-12-26)37(19-21-40(4)22-20-37)35(43)39-27-15-17-28(44-5)18-16-27/h6-18,30,34,38H,19-24H2,1-5H3,(H,39,43)/t30-,34-/m1/s1. The maximum absolute atomic E-state index is 14.7. The number of benzene rings is 3. The molecule has 1 aliphatic carbocycles. The van der Waals surface area contributed by atoms with E-state index in [4.69, 9.17) is 4.74 Å². The minimum atomic E-state index is -0.968. The highest BCUT2D eigenvalue weighted by Gasteiger charge is 2.60. The summed E-state index contributed by atoms with van der Waals surface area (Å²) in [6, 6.07) is 25.9. The number of para-hydroxylation sites is 1. The lowest BCUT2D eigenvalue weighted by Crippen LogP contribution is -2.62. The number of likely N-dealkylation sites (tertiary alicyclic amines) is 1. The quantitative estimate of drug-likeness (QED) is 0.226. The van der Waals surface area contributed by atoms with Gasteiger partial charge in [-0.2, -0.15) is 0 Å². The Morgan fingerprint density at radius 1 is 0.977 bits per heavy atom. The average molecular weight is 593 g/mol. The van der Waals surface area contributed by atoms with E-state index in [-0.39, 0.29) is 29.1 Å². The molecular formula is C37H44N4O3. The van der Waals surface area contributed by atoms with Gasteiger partial charge in [0.2, 0.25) is 11.8 Å². The van der Waals surface area contributed by atoms with Crippen LogP contribution in [0.5, 0.6) is 5.75 Å². The Morgan fingerprint density at radius 3 is 2.32 bits per heavy atom. The SMILES string of the molecule is COc1ccc(NC(=O)C2(N(Cc3ccccc3)C(=O)C[C@@H]3[C@H](c4c(C)[nH]c5ccccc45)C3(C)C)CCN(C)CC2)cc1. The minimum Gasteiger partial charge on any atom is -0.497 e. The summed E-state index contributed by atoms with van der Waals surface area (Å²) in [7, 11) is 3.70. The summed E-state index contributed by atoms with van der Waals surface area (Å²) < 4.78 is 5.31. The lowest BCUT2D eigenvalue weighted by atomic mass is 9.83. The fourth-order valence-electron chi connectivity index (χ4n) is 7.47. The number of aryl methyl sites for hydroxylation is 1. The van der Waals surface area contributed by atoms with Gasteiger partial charge in [-0.15, -0.1) is 0 Å². The van der Waals surface area contributed by atoms with Gasteiger partial charge in [0.1, 0.15) is 11.3 Å². The zero-order valence-corrected chi connectivity index (χ0v) is 26.5. The van der Waals surface area contributed by atoms with E-state index in [1.54, 1.807) is 7.11 Å². The van der Waals surface area contributed by atoms with Gasteiger partial charge in [-0.05, 0) is 85.5 Å². The number of aromatic nitrogens is 1. The number of rotatable bonds is 9. The third kappa shape index (κ3) is 5.50. The first-order valence-electron chi connectivity index (χ1n) is 15.7. The molecule has 4 aromatic rings. The summed E-state index contributed by atoms with van der Waals surface area (Å²) in [5.74, 6) is 1.09. The van der Waals surface area contributed by atoms with Crippen LogP contribution in [-0.2, 0) is 16.1 Å². The zero-order chi connectivity index (χ0) is 31.1. The fourth-order valence-corrected chi connectivity index (χ4v) is 7.47. The van der Waals surface area contributed by atoms with Crippen LogP contribution in [0.4, 0.5) is 5.69 Å². The molecule has 0 bridgehead atoms. The van der Waals surface area contributed by atoms with Crippen molar-refractivity contribution in [1.82, 2.24) is 14.8 Å². The lowest BCUT2D eigenvalue weighted by Gasteiger charge is -2.47. The number of carbonyl (C=O) groups excluding carboxylic acids is 2. The number of fused-ring (bicyclic) bond motifs is 1. The molecule has 6 rings (SSSR count). The molecule has 7 heteroatoms. The second-order valence-corrected chi connectivity index (χ2v) is 13.3. The number of ether oxygens (including phenoxy) is 1. The molecule has 1 saturated carbocycles. The number of amides is 2. The molecular weight excluding hydrogens is 548 g/mol. The number of hydrogen-bond donors (Lipinski definition) is 2. The van der Waals surface area contributed by atoms with Crippen molar-refractivity contribution >= 4 is 28.4 Å². The molecule has 2 aliphatic rings. The number of carbonyl (C=O) groups is 2. The van der Waals surface area contributed by atoms with E-state index in [9.17, 15) is 9.59 Å². The molecule has 2 fully saturated rings. The molecule has 1 saturated heterocycles. The van der Waals surface area contributed by atoms with Crippen molar-refractivity contribution in [3.05, 3.63) is 95.7 Å². The number of piperidine rings is 1. The van der Waals surface area contributed by atoms with Crippen LogP contribution in [0, 0.1) is 18.3 Å². The predicted molar refractivity (Wildman–Crippen MR) is 176 cm³/mol. The van der Waals surface area contributed by atoms with Crippen molar-refractivity contribution in [1.29, 1.82) is 0 Å². The monoisotopic (exact) mass is 592 g/mol. The van der Waals surface area contributed by atoms with Gasteiger partial charge in [-0.3, -0.25) is 9.59 Å². The molecule has 2 heterocycles. The smallest absolute Gasteiger partial charge is 0.250 e. The first-order valence-corrected chi connectivity index (χ1v) is 15.7. The first kappa shape index (κ1) is 29.9. The summed E-state index contributed by atoms with van der Waals surface area (Å²) >= 11 is 0. The normalized spacial score (nSPS) is 20.7. The van der Waals surface area contributed by atoms with Crippen LogP contribution in [0.3, 0.4) is 0 Å². The maximum Gasteiger partial charge on any atom is 0.250 e. The third-order valence-electron chi connectivity index (χ3n) is 10.3. The van der Waals surface area contributed by atoms with Crippen LogP contribution in [0.2, 0.25) is 0 Å². The van der Waals surface area contributed by atoms with Crippen molar-refractivity contribution < 1.29 is 14.3 Å². The number of nitrogens with zero attached hydrogens (tertiary/aromatic N) is 2. The van der Waals surface area contributed by atoms with Crippen LogP contribution in [0.25, 0.3) is 10.9 Å². The van der Waals surface area contributed by atoms with Crippen LogP contribution in [0.1, 0.15) is 55.8 Å². The lowest BCUT2D eigenvalue weighted by molar-refractivity contribution is -0.150. The highest BCUT2D eigenvalue weighted by molar-refractivity contribution is 6.01. The van der Waals surface area contributed by atoms with Gasteiger partial charge < -0.3 is 24.8 Å². The summed E-state index contributed by atoms with van der Waals surface area (Å²) in [4.78, 5) is 36.8. The Balaban J connectivity index is 1.33. The second-order valence-electron chi connectivity index (χ2n) is 13.3. The molecule has 1 aromatic heterocycles. The Hall–Kier alpha value is -4.10. The second kappa shape index (κ2) is 11.8. The molecule has 230 valence electrons. The van der Waals surface area contributed by atoms with Crippen LogP contribution < -0.4 is 10.1 Å². The number of hydrogen-bond acceptors (Lipinski definition) is 4. The van der Waals surface area contributed by atoms with Crippen molar-refractivity contribution in [2.45, 2.75) is 58.0 Å². The third-order valence-corrected chi connectivity index (χ3v) is 10.3. The van der Waals surface area contributed by atoms with Crippen LogP contribution in [0.15, 0.2) is 78.9 Å². The van der Waals surface area contributed by atoms with Gasteiger partial charge in [0, 0.05) is 48.3 Å². The van der Waals surface area contributed by atoms with E-state index in [0.29, 0.717) is 31.5 Å². The molecule has 2 amide bonds. The van der Waals surface area contributed by atoms with E-state index in [1.807, 2.05) is 59.5 Å². The number of anilines is 1. The van der Waals surface area contributed by atoms with Gasteiger partial charge in [-0.1, -0.05) is 62.4 Å². The van der Waals surface area contributed by atoms with Crippen molar-refractivity contribution in [2.75, 3.05) is 32.6 Å². The van der Waals surface area contributed by atoms with Crippen molar-refractivity contribution in [2.24, 2.45) is 11.3 Å². The van der Waals surface area contributed by atoms with Crippen molar-refractivity contribution in [3.8, 4) is 5.75 Å². The van der Waals surface area contributed by atoms with E-state index in [2.05, 4.69) is 67.3 Å². The molecule has 0 spiro atoms. The summed E-state index contributed by atoms with van der Waals surface area (Å²) in [6.07, 6.45) is 1.54. The Morgan fingerprint density at radius 2 is 1.64 bits per heavy atom. The summed E-state index contributed by atoms with van der Waals surface area (Å²) in [5.41, 5.74) is 4.35. The van der Waals surface area contributed by atoms with Crippen LogP contribution in [-0.4, -0.2) is 59.4 Å². The van der Waals surface area contributed by atoms with Gasteiger partial charge in [0.05, 0.1) is 7.11 Å². The Labute approximate surface area is 260 Å². The molecule has 0 radical (unpaired) electrons. The fraction of sp³-hybridized carbons (Fsp3) is 0.405. The van der Waals surface area contributed by atoms with Crippen molar-refractivity contribution in [3.63, 3.8) is 0 Å². The van der Waals surface area contributed by atoms with Gasteiger partial charge in [0.25, 0.3) is 0 Å². The molecule has 7 nitrogen and oxygen atoms in total. The molecule has 2 atom stereocenters. The maximum atomic E-state index is 14.7. The Bertz CT molecular complexity index is 1630. The Kier molecular flexibility index (Phi) is 8.01. The van der Waals surface area contributed by atoms with E-state index >= 15 is 0 Å². The molecule has 3 aromatic carbocycles. The summed E-state index contributed by atoms with van der Waals surface area (Å²) in [6.45, 7) is 8.56. The van der Waals surface area contributed by atoms with Gasteiger partial charge in [-0.25, -0.2) is 0 Å². The van der Waals surface area contributed by atoms with Gasteiger partial charge >= 0.3 is 0 Å². The predicted octanol–water partition coefficient (Wildman–Crippen LogP) is 6.75. The first-order chi connectivity index (χ1) is 21.1. The number of aromatic amines is 1. The van der Waals surface area contributed by atoms with E-state index in [1.165, 1.54) is 16.6 Å². The number of H-pyrrole nitrogens is 1. The average Bonchev–Trinajstić information content (AvgIpc) is 3.37. The van der Waals surface area contributed by atoms with Gasteiger partial charge in [0.15, 0.2) is 0 Å². The minimum absolute atomic E-state index is 0.0326. The highest BCUT2D eigenvalue weighted by atomic mass is 16.5. The molecule has 0 unspecified atom stereocenters.